The van der Waals surface area contributed by atoms with E-state index in [0.717, 1.165) is 35.3 Å². The van der Waals surface area contributed by atoms with Gasteiger partial charge in [-0.05, 0) is 30.2 Å². The lowest BCUT2D eigenvalue weighted by atomic mass is 9.90. The third-order valence-electron chi connectivity index (χ3n) is 6.59. The highest BCUT2D eigenvalue weighted by Crippen LogP contribution is 2.41. The molecular weight excluding hydrogens is 472 g/mol. The molecule has 0 bridgehead atoms. The first kappa shape index (κ1) is 28.5. The van der Waals surface area contributed by atoms with E-state index in [-0.39, 0.29) is 43.5 Å². The lowest BCUT2D eigenvalue weighted by Gasteiger charge is -2.42. The Bertz CT molecular complexity index is 1020. The minimum absolute atomic E-state index is 0.00277. The van der Waals surface area contributed by atoms with Crippen molar-refractivity contribution < 1.29 is 29.3 Å². The topological polar surface area (TPSA) is 108 Å². The zero-order valence-corrected chi connectivity index (χ0v) is 21.6. The third-order valence-corrected chi connectivity index (χ3v) is 6.59. The second-order valence-electron chi connectivity index (χ2n) is 9.60. The number of carbonyl (C=O) groups is 2. The Kier molecular flexibility index (Phi) is 10.8. The highest BCUT2D eigenvalue weighted by Gasteiger charge is 2.38. The first-order chi connectivity index (χ1) is 17.8. The van der Waals surface area contributed by atoms with Crippen LogP contribution in [-0.2, 0) is 32.2 Å². The van der Waals surface area contributed by atoms with Crippen molar-refractivity contribution in [2.75, 3.05) is 20.1 Å². The summed E-state index contributed by atoms with van der Waals surface area (Å²) in [6.07, 6.45) is 1.56. The van der Waals surface area contributed by atoms with Crippen molar-refractivity contribution in [3.8, 4) is 0 Å². The summed E-state index contributed by atoms with van der Waals surface area (Å²) < 4.78 is 12.9. The number of ether oxygens (including phenoxy) is 2. The van der Waals surface area contributed by atoms with Gasteiger partial charge >= 0.3 is 5.97 Å². The Labute approximate surface area is 218 Å². The number of hydrogen-bond acceptors (Lipinski definition) is 6. The predicted octanol–water partition coefficient (Wildman–Crippen LogP) is 3.96. The molecule has 1 heterocycles. The zero-order chi connectivity index (χ0) is 26.8. The van der Waals surface area contributed by atoms with E-state index in [1.54, 1.807) is 0 Å². The van der Waals surface area contributed by atoms with Gasteiger partial charge in [-0.25, -0.2) is 0 Å². The number of carboxylic acids is 1. The predicted molar refractivity (Wildman–Crippen MR) is 140 cm³/mol. The first-order valence-electron chi connectivity index (χ1n) is 12.7. The van der Waals surface area contributed by atoms with Crippen molar-refractivity contribution in [3.63, 3.8) is 0 Å². The molecule has 0 aliphatic carbocycles. The van der Waals surface area contributed by atoms with Gasteiger partial charge in [0, 0.05) is 44.0 Å². The van der Waals surface area contributed by atoms with Crippen LogP contribution in [-0.4, -0.2) is 53.2 Å². The summed E-state index contributed by atoms with van der Waals surface area (Å²) in [5, 5.41) is 20.9. The fourth-order valence-electron chi connectivity index (χ4n) is 4.41. The lowest BCUT2D eigenvalue weighted by Crippen LogP contribution is -2.43. The van der Waals surface area contributed by atoms with Gasteiger partial charge in [0.05, 0.1) is 18.8 Å². The molecule has 8 heteroatoms. The number of carboxylic acid groups (broad SMARTS) is 1. The van der Waals surface area contributed by atoms with Gasteiger partial charge < -0.3 is 29.9 Å². The number of aliphatic hydroxyl groups is 1. The Morgan fingerprint density at radius 3 is 2.30 bits per heavy atom. The van der Waals surface area contributed by atoms with Crippen LogP contribution in [0.5, 0.6) is 0 Å². The van der Waals surface area contributed by atoms with Gasteiger partial charge in [-0.15, -0.1) is 6.58 Å². The Morgan fingerprint density at radius 1 is 1.03 bits per heavy atom. The number of aliphatic hydroxyl groups excluding tert-OH is 1. The van der Waals surface area contributed by atoms with Gasteiger partial charge in [0.1, 0.15) is 0 Å². The van der Waals surface area contributed by atoms with Crippen molar-refractivity contribution in [3.05, 3.63) is 83.4 Å². The Morgan fingerprint density at radius 2 is 1.68 bits per heavy atom. The molecule has 0 radical (unpaired) electrons. The molecule has 1 fully saturated rings. The van der Waals surface area contributed by atoms with E-state index in [0.29, 0.717) is 13.0 Å². The van der Waals surface area contributed by atoms with E-state index in [1.165, 1.54) is 0 Å². The van der Waals surface area contributed by atoms with Crippen LogP contribution in [0.25, 0.3) is 0 Å². The molecule has 0 saturated carbocycles. The van der Waals surface area contributed by atoms with Crippen LogP contribution >= 0.6 is 0 Å². The van der Waals surface area contributed by atoms with Gasteiger partial charge in [0.25, 0.3) is 0 Å². The van der Waals surface area contributed by atoms with E-state index in [9.17, 15) is 14.7 Å². The molecule has 0 spiro atoms. The monoisotopic (exact) mass is 510 g/mol. The van der Waals surface area contributed by atoms with Gasteiger partial charge in [0.2, 0.25) is 5.91 Å². The summed E-state index contributed by atoms with van der Waals surface area (Å²) >= 11 is 0. The average Bonchev–Trinajstić information content (AvgIpc) is 2.89. The smallest absolute Gasteiger partial charge is 0.303 e. The number of rotatable bonds is 13. The molecule has 1 saturated heterocycles. The zero-order valence-electron chi connectivity index (χ0n) is 21.6. The molecule has 3 N–H and O–H groups in total. The minimum Gasteiger partial charge on any atom is -0.481 e. The summed E-state index contributed by atoms with van der Waals surface area (Å²) in [5.74, 6) is -0.970. The number of likely N-dealkylation sites (N-methyl/N-ethyl adjacent to an activating group) is 1. The highest BCUT2D eigenvalue weighted by atomic mass is 16.7. The normalized spacial score (nSPS) is 21.5. The van der Waals surface area contributed by atoms with E-state index in [1.807, 2.05) is 61.7 Å². The fraction of sp³-hybridized carbons (Fsp3) is 0.448. The number of benzene rings is 2. The van der Waals surface area contributed by atoms with Gasteiger partial charge in [-0.2, -0.15) is 0 Å². The molecule has 0 aromatic heterocycles. The molecule has 1 amide bonds. The van der Waals surface area contributed by atoms with E-state index >= 15 is 0 Å². The largest absolute Gasteiger partial charge is 0.481 e. The second kappa shape index (κ2) is 14.0. The maximum absolute atomic E-state index is 12.0. The number of aliphatic carboxylic acids is 1. The molecule has 4 unspecified atom stereocenters. The Hall–Kier alpha value is -3.04. The van der Waals surface area contributed by atoms with Crippen LogP contribution in [0.2, 0.25) is 0 Å². The maximum atomic E-state index is 12.0. The van der Waals surface area contributed by atoms with E-state index in [2.05, 4.69) is 23.7 Å². The van der Waals surface area contributed by atoms with Crippen LogP contribution in [0.3, 0.4) is 0 Å². The summed E-state index contributed by atoms with van der Waals surface area (Å²) in [7, 11) is 2.04. The minimum atomic E-state index is -0.899. The van der Waals surface area contributed by atoms with Crippen LogP contribution in [0, 0.1) is 5.92 Å². The SMILES string of the molecule is C=CCN(C)CC1OC(c2ccc(CNC(=O)CCCC(=O)O)cc2)OC(c2ccc(CO)cc2)C1C. The molecule has 8 nitrogen and oxygen atoms in total. The summed E-state index contributed by atoms with van der Waals surface area (Å²) in [6, 6.07) is 15.6. The highest BCUT2D eigenvalue weighted by molar-refractivity contribution is 5.76. The molecule has 3 rings (SSSR count). The van der Waals surface area contributed by atoms with Crippen LogP contribution in [0.1, 0.15) is 60.8 Å². The van der Waals surface area contributed by atoms with Gasteiger partial charge in [-0.1, -0.05) is 61.5 Å². The number of hydrogen-bond donors (Lipinski definition) is 3. The summed E-state index contributed by atoms with van der Waals surface area (Å²) in [4.78, 5) is 24.7. The van der Waals surface area contributed by atoms with Crippen molar-refractivity contribution in [1.82, 2.24) is 10.2 Å². The van der Waals surface area contributed by atoms with E-state index in [4.69, 9.17) is 14.6 Å². The molecule has 1 aliphatic rings. The lowest BCUT2D eigenvalue weighted by molar-refractivity contribution is -0.275. The van der Waals surface area contributed by atoms with Gasteiger partial charge in [-0.3, -0.25) is 9.59 Å². The standard InChI is InChI=1S/C29H38N2O6/c1-4-16-31(3)18-25-20(2)28(23-12-10-22(19-32)11-13-23)37-29(36-25)24-14-8-21(9-15-24)17-30-26(33)6-5-7-27(34)35/h4,8-15,20,25,28-29,32H,1,5-7,16-19H2,2-3H3,(H,30,33)(H,34,35). The molecule has 37 heavy (non-hydrogen) atoms. The van der Waals surface area contributed by atoms with Crippen molar-refractivity contribution in [2.24, 2.45) is 5.92 Å². The van der Waals surface area contributed by atoms with Gasteiger partial charge in [0.15, 0.2) is 6.29 Å². The molecule has 2 aromatic carbocycles. The van der Waals surface area contributed by atoms with Crippen LogP contribution < -0.4 is 5.32 Å². The number of nitrogens with zero attached hydrogens (tertiary/aromatic N) is 1. The molecule has 2 aromatic rings. The molecule has 1 aliphatic heterocycles. The van der Waals surface area contributed by atoms with Crippen molar-refractivity contribution >= 4 is 11.9 Å². The second-order valence-corrected chi connectivity index (χ2v) is 9.60. The number of nitrogens with one attached hydrogen (secondary N) is 1. The maximum Gasteiger partial charge on any atom is 0.303 e. The number of amides is 1. The van der Waals surface area contributed by atoms with Crippen molar-refractivity contribution in [1.29, 1.82) is 0 Å². The first-order valence-corrected chi connectivity index (χ1v) is 12.7. The molecule has 4 atom stereocenters. The molecule has 200 valence electrons. The number of carbonyl (C=O) groups excluding carboxylic acids is 1. The molecular formula is C29H38N2O6. The average molecular weight is 511 g/mol. The quantitative estimate of drug-likeness (QED) is 0.350. The fourth-order valence-corrected chi connectivity index (χ4v) is 4.41. The summed E-state index contributed by atoms with van der Waals surface area (Å²) in [5.41, 5.74) is 3.71. The third kappa shape index (κ3) is 8.50. The summed E-state index contributed by atoms with van der Waals surface area (Å²) in [6.45, 7) is 7.81. The van der Waals surface area contributed by atoms with Crippen LogP contribution in [0.4, 0.5) is 0 Å². The van der Waals surface area contributed by atoms with Crippen molar-refractivity contribution in [2.45, 2.75) is 57.8 Å². The Balaban J connectivity index is 1.70. The van der Waals surface area contributed by atoms with Crippen LogP contribution in [0.15, 0.2) is 61.2 Å². The van der Waals surface area contributed by atoms with E-state index < -0.39 is 12.3 Å².